The Kier molecular flexibility index (Phi) is 13.8. The number of thioether (sulfide) groups is 1. The fourth-order valence-corrected chi connectivity index (χ4v) is 5.62. The van der Waals surface area contributed by atoms with E-state index in [0.717, 1.165) is 45.4 Å². The van der Waals surface area contributed by atoms with Crippen LogP contribution in [0, 0.1) is 6.65 Å². The van der Waals surface area contributed by atoms with Crippen molar-refractivity contribution >= 4 is 23.4 Å². The number of methoxy groups -OCH3 is 4. The zero-order valence-electron chi connectivity index (χ0n) is 24.8. The summed E-state index contributed by atoms with van der Waals surface area (Å²) in [6.07, 6.45) is 1.33. The Bertz CT molecular complexity index is 1310. The van der Waals surface area contributed by atoms with E-state index in [4.69, 9.17) is 44.7 Å². The Labute approximate surface area is 261 Å². The second-order valence-electron chi connectivity index (χ2n) is 9.37. The Hall–Kier alpha value is -3.12. The molecule has 0 spiro atoms. The zero-order chi connectivity index (χ0) is 31.4. The number of hydrogen-bond donors (Lipinski definition) is 2. The molecule has 2 unspecified atom stereocenters. The summed E-state index contributed by atoms with van der Waals surface area (Å²) in [5.41, 5.74) is 5.69. The molecule has 10 nitrogen and oxygen atoms in total. The van der Waals surface area contributed by atoms with Crippen molar-refractivity contribution in [2.75, 3.05) is 47.8 Å². The number of benzene rings is 3. The van der Waals surface area contributed by atoms with Crippen LogP contribution in [0.5, 0.6) is 28.7 Å². The number of hydrazine groups is 1. The number of hydroxylamine groups is 1. The van der Waals surface area contributed by atoms with Gasteiger partial charge in [0.2, 0.25) is 5.75 Å². The Balaban J connectivity index is 0.00000248. The molecule has 3 aromatic carbocycles. The number of nitrogens with one attached hydrogen (secondary N) is 1. The van der Waals surface area contributed by atoms with Crippen molar-refractivity contribution < 1.29 is 38.3 Å². The van der Waals surface area contributed by atoms with Crippen LogP contribution in [0.25, 0.3) is 0 Å². The average Bonchev–Trinajstić information content (AvgIpc) is 3.53. The Morgan fingerprint density at radius 3 is 1.95 bits per heavy atom. The van der Waals surface area contributed by atoms with Gasteiger partial charge in [-0.1, -0.05) is 11.6 Å². The SMILES string of the molecule is COc1cc(C2CCC(c3cc(OC)c(OC)c(OC)c3)O2)cc(CNN(C)O)c1OCCSc1ccc(Cl)cc1.[C-]#[O+]. The van der Waals surface area contributed by atoms with Gasteiger partial charge in [-0.2, -0.15) is 0 Å². The molecule has 1 heterocycles. The molecule has 0 aliphatic carbocycles. The molecular weight excluding hydrogens is 596 g/mol. The van der Waals surface area contributed by atoms with Crippen molar-refractivity contribution in [3.05, 3.63) is 76.9 Å². The molecule has 0 bridgehead atoms. The first-order valence-corrected chi connectivity index (χ1v) is 14.8. The zero-order valence-corrected chi connectivity index (χ0v) is 26.4. The molecule has 12 heteroatoms. The maximum atomic E-state index is 9.74. The van der Waals surface area contributed by atoms with Crippen LogP contribution in [0.1, 0.15) is 41.7 Å². The molecule has 2 atom stereocenters. The molecule has 2 N–H and O–H groups in total. The summed E-state index contributed by atoms with van der Waals surface area (Å²) in [6.45, 7) is 5.30. The third-order valence-corrected chi connectivity index (χ3v) is 7.96. The van der Waals surface area contributed by atoms with Gasteiger partial charge in [-0.05, 0) is 72.5 Å². The van der Waals surface area contributed by atoms with E-state index in [-0.39, 0.29) is 12.2 Å². The van der Waals surface area contributed by atoms with Crippen LogP contribution >= 0.6 is 23.4 Å². The minimum absolute atomic E-state index is 0.148. The summed E-state index contributed by atoms with van der Waals surface area (Å²) in [6, 6.07) is 15.6. The average molecular weight is 633 g/mol. The van der Waals surface area contributed by atoms with Crippen LogP contribution < -0.4 is 29.1 Å². The molecule has 1 saturated heterocycles. The van der Waals surface area contributed by atoms with E-state index >= 15 is 0 Å². The predicted octanol–water partition coefficient (Wildman–Crippen LogP) is 6.43. The molecule has 4 rings (SSSR count). The van der Waals surface area contributed by atoms with Gasteiger partial charge >= 0.3 is 11.3 Å². The van der Waals surface area contributed by atoms with Gasteiger partial charge in [0.1, 0.15) is 0 Å². The molecular formula is C31H37ClN2O8S. The number of halogens is 1. The van der Waals surface area contributed by atoms with E-state index in [1.165, 1.54) is 7.05 Å². The molecule has 3 aromatic rings. The number of ether oxygens (including phenoxy) is 6. The summed E-state index contributed by atoms with van der Waals surface area (Å²) in [5.74, 6) is 3.70. The van der Waals surface area contributed by atoms with Gasteiger partial charge in [0.25, 0.3) is 0 Å². The van der Waals surface area contributed by atoms with Gasteiger partial charge in [0.15, 0.2) is 23.0 Å². The van der Waals surface area contributed by atoms with Gasteiger partial charge < -0.3 is 28.4 Å². The first kappa shape index (κ1) is 34.4. The molecule has 232 valence electrons. The van der Waals surface area contributed by atoms with E-state index < -0.39 is 0 Å². The van der Waals surface area contributed by atoms with Gasteiger partial charge in [-0.25, -0.2) is 5.43 Å². The van der Waals surface area contributed by atoms with Crippen molar-refractivity contribution in [3.8, 4) is 28.7 Å². The monoisotopic (exact) mass is 632 g/mol. The minimum atomic E-state index is -0.159. The summed E-state index contributed by atoms with van der Waals surface area (Å²) >= 11 is 7.67. The van der Waals surface area contributed by atoms with Crippen LogP contribution in [-0.4, -0.2) is 58.2 Å². The molecule has 0 radical (unpaired) electrons. The van der Waals surface area contributed by atoms with Crippen molar-refractivity contribution in [1.82, 2.24) is 10.6 Å². The normalized spacial score (nSPS) is 15.9. The number of rotatable bonds is 14. The quantitative estimate of drug-likeness (QED) is 0.0678. The predicted molar refractivity (Wildman–Crippen MR) is 163 cm³/mol. The van der Waals surface area contributed by atoms with Gasteiger partial charge in [-0.3, -0.25) is 5.21 Å². The third kappa shape index (κ3) is 9.18. The summed E-state index contributed by atoms with van der Waals surface area (Å²) in [7, 11) is 7.93. The molecule has 1 aliphatic heterocycles. The number of hydrogen-bond acceptors (Lipinski definition) is 10. The van der Waals surface area contributed by atoms with Crippen molar-refractivity contribution in [1.29, 1.82) is 0 Å². The molecule has 1 aliphatic rings. The van der Waals surface area contributed by atoms with E-state index in [1.54, 1.807) is 40.2 Å². The van der Waals surface area contributed by atoms with Crippen LogP contribution in [0.15, 0.2) is 53.4 Å². The van der Waals surface area contributed by atoms with Gasteiger partial charge in [0, 0.05) is 34.8 Å². The van der Waals surface area contributed by atoms with Gasteiger partial charge in [-0.15, -0.1) is 16.9 Å². The standard InChI is InChI=1S/C30H37ClN2O7S.CO/c1-33(34)32-18-21-14-19(15-26(35-2)29(21)39-12-13-41-23-8-6-22(31)7-9-23)24-10-11-25(40-24)20-16-27(36-3)30(38-5)28(17-20)37-4;1-2/h6-9,14-17,24-25,32,34H,10-13,18H2,1-5H3;. The fourth-order valence-electron chi connectivity index (χ4n) is 4.76. The number of nitrogens with zero attached hydrogens (tertiary/aromatic N) is 1. The molecule has 0 amide bonds. The van der Waals surface area contributed by atoms with E-state index in [1.807, 2.05) is 48.5 Å². The second-order valence-corrected chi connectivity index (χ2v) is 11.0. The first-order chi connectivity index (χ1) is 20.9. The molecule has 0 aromatic heterocycles. The van der Waals surface area contributed by atoms with Crippen molar-refractivity contribution in [3.63, 3.8) is 0 Å². The van der Waals surface area contributed by atoms with E-state index in [2.05, 4.69) is 12.1 Å². The maximum absolute atomic E-state index is 9.74. The first-order valence-electron chi connectivity index (χ1n) is 13.4. The van der Waals surface area contributed by atoms with Gasteiger partial charge in [0.05, 0.1) is 47.3 Å². The fraction of sp³-hybridized carbons (Fsp3) is 0.387. The van der Waals surface area contributed by atoms with E-state index in [0.29, 0.717) is 46.9 Å². The van der Waals surface area contributed by atoms with Crippen LogP contribution in [-0.2, 0) is 15.9 Å². The third-order valence-electron chi connectivity index (χ3n) is 6.73. The van der Waals surface area contributed by atoms with Crippen LogP contribution in [0.3, 0.4) is 0 Å². The van der Waals surface area contributed by atoms with Crippen LogP contribution in [0.2, 0.25) is 5.02 Å². The van der Waals surface area contributed by atoms with Crippen molar-refractivity contribution in [2.24, 2.45) is 0 Å². The Morgan fingerprint density at radius 1 is 0.907 bits per heavy atom. The van der Waals surface area contributed by atoms with Crippen LogP contribution in [0.4, 0.5) is 0 Å². The molecule has 1 fully saturated rings. The summed E-state index contributed by atoms with van der Waals surface area (Å²) in [5, 5.41) is 11.4. The summed E-state index contributed by atoms with van der Waals surface area (Å²) in [4.78, 5) is 1.11. The molecule has 0 saturated carbocycles. The molecule has 43 heavy (non-hydrogen) atoms. The van der Waals surface area contributed by atoms with E-state index in [9.17, 15) is 5.21 Å². The Morgan fingerprint density at radius 2 is 1.44 bits per heavy atom. The summed E-state index contributed by atoms with van der Waals surface area (Å²) < 4.78 is 42.6. The van der Waals surface area contributed by atoms with Crippen molar-refractivity contribution in [2.45, 2.75) is 36.5 Å². The second kappa shape index (κ2) is 17.2. The topological polar surface area (TPSA) is 111 Å².